The maximum Gasteiger partial charge on any atom is 0.191 e. The van der Waals surface area contributed by atoms with Gasteiger partial charge in [0.1, 0.15) is 0 Å². The molecule has 5 nitrogen and oxygen atoms in total. The number of thiophene rings is 1. The molecule has 0 fully saturated rings. The molecule has 0 atom stereocenters. The van der Waals surface area contributed by atoms with Gasteiger partial charge in [-0.05, 0) is 41.6 Å². The minimum absolute atomic E-state index is 0. The van der Waals surface area contributed by atoms with Crippen LogP contribution in [-0.4, -0.2) is 27.7 Å². The van der Waals surface area contributed by atoms with E-state index in [0.29, 0.717) is 17.4 Å². The molecule has 0 unspecified atom stereocenters. The zero-order valence-corrected chi connectivity index (χ0v) is 17.8. The Balaban J connectivity index is 0.00000288. The predicted octanol–water partition coefficient (Wildman–Crippen LogP) is 2.94. The molecule has 8 heteroatoms. The first-order chi connectivity index (χ1) is 10.9. The molecule has 1 aromatic heterocycles. The van der Waals surface area contributed by atoms with E-state index >= 15 is 0 Å². The van der Waals surface area contributed by atoms with E-state index < -0.39 is 9.84 Å². The van der Waals surface area contributed by atoms with Crippen LogP contribution in [0.25, 0.3) is 0 Å². The summed E-state index contributed by atoms with van der Waals surface area (Å²) >= 11 is 1.72. The second-order valence-electron chi connectivity index (χ2n) is 5.22. The monoisotopic (exact) mass is 479 g/mol. The predicted molar refractivity (Wildman–Crippen MR) is 111 cm³/mol. The lowest BCUT2D eigenvalue weighted by molar-refractivity contribution is 0.602. The van der Waals surface area contributed by atoms with Crippen molar-refractivity contribution in [1.29, 1.82) is 0 Å². The van der Waals surface area contributed by atoms with E-state index in [0.717, 1.165) is 12.1 Å². The largest absolute Gasteiger partial charge is 0.352 e. The van der Waals surface area contributed by atoms with Gasteiger partial charge in [-0.25, -0.2) is 8.42 Å². The molecule has 0 saturated heterocycles. The van der Waals surface area contributed by atoms with Gasteiger partial charge in [-0.3, -0.25) is 4.99 Å². The molecule has 2 aromatic rings. The summed E-state index contributed by atoms with van der Waals surface area (Å²) in [5, 5.41) is 8.57. The zero-order valence-electron chi connectivity index (χ0n) is 13.9. The Bertz CT molecular complexity index is 784. The molecule has 0 aliphatic rings. The van der Waals surface area contributed by atoms with Crippen LogP contribution >= 0.6 is 35.3 Å². The summed E-state index contributed by atoms with van der Waals surface area (Å²) in [5.74, 6) is 0.713. The lowest BCUT2D eigenvalue weighted by Gasteiger charge is -2.12. The highest BCUT2D eigenvalue weighted by Gasteiger charge is 2.06. The summed E-state index contributed by atoms with van der Waals surface area (Å²) in [4.78, 5) is 5.81. The fourth-order valence-electron chi connectivity index (χ4n) is 2.01. The van der Waals surface area contributed by atoms with Crippen molar-refractivity contribution >= 4 is 51.1 Å². The van der Waals surface area contributed by atoms with E-state index in [9.17, 15) is 8.42 Å². The van der Waals surface area contributed by atoms with Crippen molar-refractivity contribution in [1.82, 2.24) is 10.6 Å². The maximum atomic E-state index is 11.4. The Kier molecular flexibility index (Phi) is 8.17. The average Bonchev–Trinajstić information content (AvgIpc) is 2.92. The van der Waals surface area contributed by atoms with Crippen molar-refractivity contribution < 1.29 is 8.42 Å². The van der Waals surface area contributed by atoms with Crippen LogP contribution in [-0.2, 0) is 22.9 Å². The summed E-state index contributed by atoms with van der Waals surface area (Å²) in [6, 6.07) is 8.95. The second-order valence-corrected chi connectivity index (χ2v) is 8.24. The van der Waals surface area contributed by atoms with E-state index in [1.807, 2.05) is 0 Å². The van der Waals surface area contributed by atoms with Crippen molar-refractivity contribution in [2.45, 2.75) is 24.9 Å². The summed E-state index contributed by atoms with van der Waals surface area (Å²) in [7, 11) is -1.42. The molecule has 0 aliphatic carbocycles. The first-order valence-corrected chi connectivity index (χ1v) is 9.94. The van der Waals surface area contributed by atoms with Crippen molar-refractivity contribution in [2.75, 3.05) is 13.3 Å². The van der Waals surface area contributed by atoms with Crippen LogP contribution in [0, 0.1) is 6.92 Å². The van der Waals surface area contributed by atoms with Gasteiger partial charge in [0.15, 0.2) is 15.8 Å². The number of nitrogens with one attached hydrogen (secondary N) is 2. The van der Waals surface area contributed by atoms with Crippen molar-refractivity contribution in [3.8, 4) is 0 Å². The molecule has 2 N–H and O–H groups in total. The van der Waals surface area contributed by atoms with Crippen molar-refractivity contribution in [2.24, 2.45) is 4.99 Å². The van der Waals surface area contributed by atoms with Crippen LogP contribution in [0.1, 0.15) is 16.0 Å². The number of aryl methyl sites for hydroxylation is 1. The lowest BCUT2D eigenvalue weighted by atomic mass is 10.2. The van der Waals surface area contributed by atoms with Crippen LogP contribution < -0.4 is 10.6 Å². The van der Waals surface area contributed by atoms with Gasteiger partial charge < -0.3 is 10.6 Å². The van der Waals surface area contributed by atoms with Crippen LogP contribution in [0.15, 0.2) is 45.6 Å². The van der Waals surface area contributed by atoms with Gasteiger partial charge in [0.25, 0.3) is 0 Å². The molecule has 0 saturated carbocycles. The standard InChI is InChI=1S/C16H21N3O2S2.HI/c1-12-8-9-22-15(12)11-19-16(17-2)18-10-13-4-6-14(7-5-13)23(3,20)21;/h4-9H,10-11H2,1-3H3,(H2,17,18,19);1H. The highest BCUT2D eigenvalue weighted by molar-refractivity contribution is 14.0. The SMILES string of the molecule is CN=C(NCc1ccc(S(C)(=O)=O)cc1)NCc1sccc1C.I. The number of rotatable bonds is 5. The smallest absolute Gasteiger partial charge is 0.191 e. The quantitative estimate of drug-likeness (QED) is 0.393. The highest BCUT2D eigenvalue weighted by Crippen LogP contribution is 2.14. The highest BCUT2D eigenvalue weighted by atomic mass is 127. The molecule has 0 aliphatic heterocycles. The van der Waals surface area contributed by atoms with Gasteiger partial charge >= 0.3 is 0 Å². The number of hydrogen-bond acceptors (Lipinski definition) is 4. The van der Waals surface area contributed by atoms with Gasteiger partial charge in [0.2, 0.25) is 0 Å². The molecule has 2 rings (SSSR count). The molecule has 0 radical (unpaired) electrons. The molecule has 0 bridgehead atoms. The Morgan fingerprint density at radius 2 is 1.75 bits per heavy atom. The van der Waals surface area contributed by atoms with E-state index in [1.54, 1.807) is 42.6 Å². The summed E-state index contributed by atoms with van der Waals surface area (Å²) < 4.78 is 22.9. The van der Waals surface area contributed by atoms with Crippen LogP contribution in [0.3, 0.4) is 0 Å². The lowest BCUT2D eigenvalue weighted by Crippen LogP contribution is -2.36. The molecular weight excluding hydrogens is 457 g/mol. The first-order valence-electron chi connectivity index (χ1n) is 7.16. The molecular formula is C16H22IN3O2S2. The third-order valence-electron chi connectivity index (χ3n) is 3.42. The molecule has 0 spiro atoms. The fourth-order valence-corrected chi connectivity index (χ4v) is 3.49. The Morgan fingerprint density at radius 1 is 1.12 bits per heavy atom. The van der Waals surface area contributed by atoms with Crippen LogP contribution in [0.4, 0.5) is 0 Å². The van der Waals surface area contributed by atoms with Crippen LogP contribution in [0.2, 0.25) is 0 Å². The van der Waals surface area contributed by atoms with Crippen molar-refractivity contribution in [3.63, 3.8) is 0 Å². The van der Waals surface area contributed by atoms with Crippen LogP contribution in [0.5, 0.6) is 0 Å². The number of guanidine groups is 1. The number of benzene rings is 1. The van der Waals surface area contributed by atoms with Gasteiger partial charge in [-0.1, -0.05) is 12.1 Å². The molecule has 132 valence electrons. The number of hydrogen-bond donors (Lipinski definition) is 2. The molecule has 1 aromatic carbocycles. The van der Waals surface area contributed by atoms with Gasteiger partial charge in [0.05, 0.1) is 11.4 Å². The molecule has 1 heterocycles. The Hall–Kier alpha value is -1.13. The average molecular weight is 479 g/mol. The minimum Gasteiger partial charge on any atom is -0.352 e. The number of halogens is 1. The second kappa shape index (κ2) is 9.38. The molecule has 24 heavy (non-hydrogen) atoms. The molecule has 0 amide bonds. The Morgan fingerprint density at radius 3 is 2.25 bits per heavy atom. The fraction of sp³-hybridized carbons (Fsp3) is 0.312. The van der Waals surface area contributed by atoms with E-state index in [-0.39, 0.29) is 24.0 Å². The topological polar surface area (TPSA) is 70.6 Å². The van der Waals surface area contributed by atoms with Gasteiger partial charge in [0, 0.05) is 24.7 Å². The van der Waals surface area contributed by atoms with Gasteiger partial charge in [-0.2, -0.15) is 0 Å². The first kappa shape index (κ1) is 20.9. The van der Waals surface area contributed by atoms with E-state index in [1.165, 1.54) is 16.7 Å². The zero-order chi connectivity index (χ0) is 16.9. The van der Waals surface area contributed by atoms with E-state index in [2.05, 4.69) is 34.0 Å². The van der Waals surface area contributed by atoms with E-state index in [4.69, 9.17) is 0 Å². The summed E-state index contributed by atoms with van der Waals surface area (Å²) in [6.07, 6.45) is 1.21. The Labute approximate surface area is 164 Å². The maximum absolute atomic E-state index is 11.4. The third kappa shape index (κ3) is 6.06. The van der Waals surface area contributed by atoms with Gasteiger partial charge in [-0.15, -0.1) is 35.3 Å². The summed E-state index contributed by atoms with van der Waals surface area (Å²) in [5.41, 5.74) is 2.27. The number of nitrogens with zero attached hydrogens (tertiary/aromatic N) is 1. The number of sulfone groups is 1. The summed E-state index contributed by atoms with van der Waals surface area (Å²) in [6.45, 7) is 3.40. The third-order valence-corrected chi connectivity index (χ3v) is 5.57. The normalized spacial score (nSPS) is 11.7. The minimum atomic E-state index is -3.15. The van der Waals surface area contributed by atoms with Crippen molar-refractivity contribution in [3.05, 3.63) is 51.7 Å². The number of aliphatic imine (C=N–C) groups is 1.